The molecule has 0 aliphatic heterocycles. The zero-order chi connectivity index (χ0) is 14.0. The van der Waals surface area contributed by atoms with Gasteiger partial charge in [0.05, 0.1) is 0 Å². The first kappa shape index (κ1) is 14.8. The van der Waals surface area contributed by atoms with Crippen LogP contribution >= 0.6 is 0 Å². The van der Waals surface area contributed by atoms with Crippen molar-refractivity contribution in [2.75, 3.05) is 0 Å². The maximum Gasteiger partial charge on any atom is 0.573 e. The normalized spacial score (nSPS) is 12.8. The summed E-state index contributed by atoms with van der Waals surface area (Å²) < 4.78 is 65.9. The van der Waals surface area contributed by atoms with E-state index < -0.39 is 33.1 Å². The largest absolute Gasteiger partial charge is 0.573 e. The minimum absolute atomic E-state index is 0.436. The van der Waals surface area contributed by atoms with Gasteiger partial charge >= 0.3 is 6.36 Å². The van der Waals surface area contributed by atoms with E-state index in [1.807, 2.05) is 0 Å². The van der Waals surface area contributed by atoms with Crippen LogP contribution in [0.2, 0.25) is 0 Å². The second-order valence-corrected chi connectivity index (χ2v) is 5.45. The Hall–Kier alpha value is -1.28. The second-order valence-electron chi connectivity index (χ2n) is 3.77. The number of halogens is 3. The fourth-order valence-corrected chi connectivity index (χ4v) is 2.63. The van der Waals surface area contributed by atoms with Crippen molar-refractivity contribution in [3.63, 3.8) is 0 Å². The molecule has 0 unspecified atom stereocenters. The van der Waals surface area contributed by atoms with Gasteiger partial charge in [-0.15, -0.1) is 13.2 Å². The van der Waals surface area contributed by atoms with Gasteiger partial charge in [-0.3, -0.25) is 0 Å². The third kappa shape index (κ3) is 4.19. The van der Waals surface area contributed by atoms with E-state index in [9.17, 15) is 21.6 Å². The molecule has 0 saturated heterocycles. The van der Waals surface area contributed by atoms with E-state index in [0.29, 0.717) is 0 Å². The average Bonchev–Trinajstić information content (AvgIpc) is 2.13. The molecular weight excluding hydrogens is 271 g/mol. The fourth-order valence-electron chi connectivity index (χ4n) is 1.25. The molecule has 1 aromatic carbocycles. The van der Waals surface area contributed by atoms with Crippen molar-refractivity contribution in [1.29, 1.82) is 0 Å². The lowest BCUT2D eigenvalue weighted by atomic mass is 10.3. The Bertz CT molecular complexity index is 511. The van der Waals surface area contributed by atoms with Gasteiger partial charge in [0.1, 0.15) is 10.6 Å². The number of nitrogens with one attached hydrogen (secondary N) is 1. The van der Waals surface area contributed by atoms with Crippen molar-refractivity contribution >= 4 is 10.0 Å². The number of hydrogen-bond donors (Lipinski definition) is 1. The van der Waals surface area contributed by atoms with Crippen LogP contribution in [-0.2, 0) is 10.0 Å². The summed E-state index contributed by atoms with van der Waals surface area (Å²) in [5.74, 6) is -0.752. The molecule has 0 saturated carbocycles. The molecule has 4 nitrogen and oxygen atoms in total. The van der Waals surface area contributed by atoms with E-state index in [4.69, 9.17) is 0 Å². The van der Waals surface area contributed by atoms with Crippen molar-refractivity contribution in [2.45, 2.75) is 31.1 Å². The average molecular weight is 283 g/mol. The van der Waals surface area contributed by atoms with Crippen LogP contribution in [-0.4, -0.2) is 20.8 Å². The first-order valence-electron chi connectivity index (χ1n) is 4.99. The second kappa shape index (κ2) is 5.15. The van der Waals surface area contributed by atoms with Gasteiger partial charge in [-0.25, -0.2) is 13.1 Å². The van der Waals surface area contributed by atoms with Gasteiger partial charge in [0.2, 0.25) is 10.0 Å². The van der Waals surface area contributed by atoms with E-state index in [-0.39, 0.29) is 0 Å². The van der Waals surface area contributed by atoms with Crippen molar-refractivity contribution in [3.8, 4) is 5.75 Å². The van der Waals surface area contributed by atoms with Gasteiger partial charge in [0, 0.05) is 6.04 Å². The summed E-state index contributed by atoms with van der Waals surface area (Å²) in [6.45, 7) is 3.12. The summed E-state index contributed by atoms with van der Waals surface area (Å²) in [6, 6.07) is 4.14. The van der Waals surface area contributed by atoms with Crippen LogP contribution in [0.1, 0.15) is 13.8 Å². The summed E-state index contributed by atoms with van der Waals surface area (Å²) in [6.07, 6.45) is -4.94. The highest BCUT2D eigenvalue weighted by Gasteiger charge is 2.34. The monoisotopic (exact) mass is 283 g/mol. The van der Waals surface area contributed by atoms with E-state index in [0.717, 1.165) is 12.1 Å². The summed E-state index contributed by atoms with van der Waals surface area (Å²) in [7, 11) is -4.04. The Morgan fingerprint density at radius 1 is 1.22 bits per heavy atom. The Morgan fingerprint density at radius 2 is 1.78 bits per heavy atom. The number of hydrogen-bond acceptors (Lipinski definition) is 3. The Labute approximate surface area is 103 Å². The van der Waals surface area contributed by atoms with E-state index in [1.165, 1.54) is 12.1 Å². The fraction of sp³-hybridized carbons (Fsp3) is 0.400. The molecule has 0 spiro atoms. The minimum atomic E-state index is -4.94. The van der Waals surface area contributed by atoms with Crippen LogP contribution in [0, 0.1) is 0 Å². The topological polar surface area (TPSA) is 55.4 Å². The van der Waals surface area contributed by atoms with Crippen LogP contribution in [0.5, 0.6) is 5.75 Å². The lowest BCUT2D eigenvalue weighted by Crippen LogP contribution is -2.31. The van der Waals surface area contributed by atoms with Gasteiger partial charge in [-0.1, -0.05) is 12.1 Å². The summed E-state index contributed by atoms with van der Waals surface area (Å²) in [5.41, 5.74) is 0. The molecule has 0 radical (unpaired) electrons. The smallest absolute Gasteiger partial charge is 0.404 e. The van der Waals surface area contributed by atoms with Crippen LogP contribution in [0.3, 0.4) is 0 Å². The molecule has 0 atom stereocenters. The highest BCUT2D eigenvalue weighted by Crippen LogP contribution is 2.29. The highest BCUT2D eigenvalue weighted by molar-refractivity contribution is 7.89. The predicted molar refractivity (Wildman–Crippen MR) is 58.6 cm³/mol. The minimum Gasteiger partial charge on any atom is -0.404 e. The lowest BCUT2D eigenvalue weighted by Gasteiger charge is -2.15. The lowest BCUT2D eigenvalue weighted by molar-refractivity contribution is -0.275. The zero-order valence-corrected chi connectivity index (χ0v) is 10.5. The summed E-state index contributed by atoms with van der Waals surface area (Å²) in [5, 5.41) is 0. The zero-order valence-electron chi connectivity index (χ0n) is 9.65. The maximum absolute atomic E-state index is 12.1. The van der Waals surface area contributed by atoms with Crippen LogP contribution in [0.15, 0.2) is 29.2 Å². The Kier molecular flexibility index (Phi) is 4.23. The van der Waals surface area contributed by atoms with Crippen LogP contribution in [0.4, 0.5) is 13.2 Å². The first-order chi connectivity index (χ1) is 8.12. The molecule has 0 aliphatic carbocycles. The molecule has 1 N–H and O–H groups in total. The van der Waals surface area contributed by atoms with Crippen molar-refractivity contribution in [3.05, 3.63) is 24.3 Å². The van der Waals surface area contributed by atoms with Crippen LogP contribution in [0.25, 0.3) is 0 Å². The number of benzene rings is 1. The van der Waals surface area contributed by atoms with Gasteiger partial charge in [0.25, 0.3) is 0 Å². The molecule has 1 aromatic rings. The summed E-state index contributed by atoms with van der Waals surface area (Å²) >= 11 is 0. The molecule has 8 heteroatoms. The summed E-state index contributed by atoms with van der Waals surface area (Å²) in [4.78, 5) is -0.545. The maximum atomic E-state index is 12.1. The molecule has 0 fully saturated rings. The number of sulfonamides is 1. The predicted octanol–water partition coefficient (Wildman–Crippen LogP) is 2.27. The quantitative estimate of drug-likeness (QED) is 0.922. The molecule has 0 aromatic heterocycles. The highest BCUT2D eigenvalue weighted by atomic mass is 32.2. The third-order valence-electron chi connectivity index (χ3n) is 1.76. The van der Waals surface area contributed by atoms with E-state index in [2.05, 4.69) is 9.46 Å². The van der Waals surface area contributed by atoms with Crippen molar-refractivity contribution < 1.29 is 26.3 Å². The molecule has 102 valence electrons. The number of alkyl halides is 3. The number of rotatable bonds is 4. The van der Waals surface area contributed by atoms with Crippen LogP contribution < -0.4 is 9.46 Å². The van der Waals surface area contributed by atoms with E-state index in [1.54, 1.807) is 13.8 Å². The molecule has 0 bridgehead atoms. The molecular formula is C10H12F3NO3S. The Morgan fingerprint density at radius 3 is 2.28 bits per heavy atom. The number of ether oxygens (including phenoxy) is 1. The van der Waals surface area contributed by atoms with Crippen molar-refractivity contribution in [2.24, 2.45) is 0 Å². The number of para-hydroxylation sites is 1. The third-order valence-corrected chi connectivity index (χ3v) is 3.45. The molecule has 0 aliphatic rings. The van der Waals surface area contributed by atoms with Crippen molar-refractivity contribution in [1.82, 2.24) is 4.72 Å². The molecule has 0 amide bonds. The standard InChI is InChI=1S/C10H12F3NO3S/c1-7(2)14-18(15,16)9-6-4-3-5-8(9)17-10(11,12)13/h3-7,14H,1-2H3. The molecule has 1 rings (SSSR count). The van der Waals surface area contributed by atoms with Gasteiger partial charge in [0.15, 0.2) is 0 Å². The first-order valence-corrected chi connectivity index (χ1v) is 6.47. The Balaban J connectivity index is 3.17. The molecule has 18 heavy (non-hydrogen) atoms. The van der Waals surface area contributed by atoms with Gasteiger partial charge in [-0.2, -0.15) is 0 Å². The van der Waals surface area contributed by atoms with Gasteiger partial charge < -0.3 is 4.74 Å². The van der Waals surface area contributed by atoms with Gasteiger partial charge in [-0.05, 0) is 26.0 Å². The molecule has 0 heterocycles. The van der Waals surface area contributed by atoms with E-state index >= 15 is 0 Å². The SMILES string of the molecule is CC(C)NS(=O)(=O)c1ccccc1OC(F)(F)F.